The van der Waals surface area contributed by atoms with E-state index in [0.717, 1.165) is 19.3 Å². The fourth-order valence-corrected chi connectivity index (χ4v) is 2.77. The number of hydrogen-bond acceptors (Lipinski definition) is 4. The van der Waals surface area contributed by atoms with Crippen LogP contribution in [0.15, 0.2) is 30.3 Å². The van der Waals surface area contributed by atoms with Gasteiger partial charge in [0.25, 0.3) is 5.91 Å². The maximum atomic E-state index is 11.8. The third-order valence-corrected chi connectivity index (χ3v) is 4.14. The number of para-hydroxylation sites is 1. The Bertz CT molecular complexity index is 503. The first-order valence-electron chi connectivity index (χ1n) is 8.28. The van der Waals surface area contributed by atoms with E-state index in [1.807, 2.05) is 30.3 Å². The Morgan fingerprint density at radius 2 is 1.91 bits per heavy atom. The number of ether oxygens (including phenoxy) is 2. The highest BCUT2D eigenvalue weighted by molar-refractivity contribution is 5.80. The van der Waals surface area contributed by atoms with Gasteiger partial charge in [0.05, 0.1) is 13.0 Å². The van der Waals surface area contributed by atoms with Crippen molar-refractivity contribution in [2.24, 2.45) is 5.92 Å². The molecule has 23 heavy (non-hydrogen) atoms. The van der Waals surface area contributed by atoms with Gasteiger partial charge in [-0.15, -0.1) is 0 Å². The third-order valence-electron chi connectivity index (χ3n) is 4.14. The summed E-state index contributed by atoms with van der Waals surface area (Å²) >= 11 is 0. The average Bonchev–Trinajstić information content (AvgIpc) is 2.56. The van der Waals surface area contributed by atoms with Gasteiger partial charge in [0.2, 0.25) is 0 Å². The molecule has 1 aromatic rings. The molecule has 0 spiro atoms. The highest BCUT2D eigenvalue weighted by Gasteiger charge is 2.23. The first kappa shape index (κ1) is 17.3. The molecule has 0 heterocycles. The SMILES string of the molecule is C[C@@H]1CCCC[C@H]1NC(=O)COC(=O)CCOc1ccccc1. The van der Waals surface area contributed by atoms with Crippen LogP contribution in [-0.2, 0) is 14.3 Å². The maximum absolute atomic E-state index is 11.8. The van der Waals surface area contributed by atoms with Gasteiger partial charge in [0.15, 0.2) is 6.61 Å². The second-order valence-corrected chi connectivity index (χ2v) is 6.01. The van der Waals surface area contributed by atoms with E-state index >= 15 is 0 Å². The summed E-state index contributed by atoms with van der Waals surface area (Å²) in [5.74, 6) is 0.556. The van der Waals surface area contributed by atoms with Crippen molar-refractivity contribution < 1.29 is 19.1 Å². The van der Waals surface area contributed by atoms with E-state index < -0.39 is 5.97 Å². The number of hydrogen-bond donors (Lipinski definition) is 1. The van der Waals surface area contributed by atoms with Crippen LogP contribution in [0.5, 0.6) is 5.75 Å². The van der Waals surface area contributed by atoms with Crippen molar-refractivity contribution in [1.29, 1.82) is 0 Å². The van der Waals surface area contributed by atoms with Crippen LogP contribution in [0.4, 0.5) is 0 Å². The summed E-state index contributed by atoms with van der Waals surface area (Å²) in [6.45, 7) is 2.18. The Hall–Kier alpha value is -2.04. The van der Waals surface area contributed by atoms with Crippen molar-refractivity contribution in [3.8, 4) is 5.75 Å². The van der Waals surface area contributed by atoms with E-state index in [4.69, 9.17) is 9.47 Å². The van der Waals surface area contributed by atoms with Crippen molar-refractivity contribution in [3.63, 3.8) is 0 Å². The van der Waals surface area contributed by atoms with E-state index in [1.165, 1.54) is 6.42 Å². The quantitative estimate of drug-likeness (QED) is 0.785. The average molecular weight is 319 g/mol. The van der Waals surface area contributed by atoms with E-state index in [-0.39, 0.29) is 31.6 Å². The van der Waals surface area contributed by atoms with Gasteiger partial charge in [-0.2, -0.15) is 0 Å². The molecular formula is C18H25NO4. The number of amides is 1. The van der Waals surface area contributed by atoms with Gasteiger partial charge < -0.3 is 14.8 Å². The molecule has 1 aromatic carbocycles. The van der Waals surface area contributed by atoms with E-state index in [1.54, 1.807) is 0 Å². The van der Waals surface area contributed by atoms with Crippen LogP contribution in [0.3, 0.4) is 0 Å². The number of carbonyl (C=O) groups excluding carboxylic acids is 2. The van der Waals surface area contributed by atoms with Crippen LogP contribution in [0, 0.1) is 5.92 Å². The van der Waals surface area contributed by atoms with E-state index in [2.05, 4.69) is 12.2 Å². The van der Waals surface area contributed by atoms with Crippen molar-refractivity contribution in [3.05, 3.63) is 30.3 Å². The minimum atomic E-state index is -0.423. The lowest BCUT2D eigenvalue weighted by Gasteiger charge is -2.29. The summed E-state index contributed by atoms with van der Waals surface area (Å²) in [5.41, 5.74) is 0. The molecule has 126 valence electrons. The predicted molar refractivity (Wildman–Crippen MR) is 87.1 cm³/mol. The molecule has 1 saturated carbocycles. The lowest BCUT2D eigenvalue weighted by atomic mass is 9.86. The Kier molecular flexibility index (Phi) is 6.91. The maximum Gasteiger partial charge on any atom is 0.309 e. The molecule has 2 rings (SSSR count). The van der Waals surface area contributed by atoms with Gasteiger partial charge in [-0.1, -0.05) is 38.0 Å². The van der Waals surface area contributed by atoms with Crippen LogP contribution >= 0.6 is 0 Å². The van der Waals surface area contributed by atoms with Crippen molar-refractivity contribution in [2.45, 2.75) is 45.1 Å². The molecule has 0 unspecified atom stereocenters. The highest BCUT2D eigenvalue weighted by atomic mass is 16.5. The zero-order chi connectivity index (χ0) is 16.5. The zero-order valence-corrected chi connectivity index (χ0v) is 13.6. The molecule has 1 amide bonds. The Labute approximate surface area is 137 Å². The second-order valence-electron chi connectivity index (χ2n) is 6.01. The van der Waals surface area contributed by atoms with Gasteiger partial charge in [0, 0.05) is 6.04 Å². The molecule has 0 aliphatic heterocycles. The number of rotatable bonds is 7. The predicted octanol–water partition coefficient (Wildman–Crippen LogP) is 2.69. The fourth-order valence-electron chi connectivity index (χ4n) is 2.77. The molecule has 0 bridgehead atoms. The molecule has 0 saturated heterocycles. The number of carbonyl (C=O) groups is 2. The van der Waals surface area contributed by atoms with Crippen LogP contribution in [0.25, 0.3) is 0 Å². The topological polar surface area (TPSA) is 64.6 Å². The standard InChI is InChI=1S/C18H25NO4/c1-14-7-5-6-10-16(14)19-17(20)13-23-18(21)11-12-22-15-8-3-2-4-9-15/h2-4,8-9,14,16H,5-7,10-13H2,1H3,(H,19,20)/t14-,16-/m1/s1. The van der Waals surface area contributed by atoms with Crippen LogP contribution in [0.1, 0.15) is 39.0 Å². The Morgan fingerprint density at radius 3 is 2.65 bits per heavy atom. The zero-order valence-electron chi connectivity index (χ0n) is 13.6. The number of benzene rings is 1. The highest BCUT2D eigenvalue weighted by Crippen LogP contribution is 2.23. The van der Waals surface area contributed by atoms with Gasteiger partial charge in [-0.05, 0) is 30.9 Å². The molecule has 5 heteroatoms. The minimum absolute atomic E-state index is 0.127. The first-order valence-corrected chi connectivity index (χ1v) is 8.28. The first-order chi connectivity index (χ1) is 11.1. The smallest absolute Gasteiger partial charge is 0.309 e. The molecule has 1 aliphatic carbocycles. The summed E-state index contributed by atoms with van der Waals surface area (Å²) in [5, 5.41) is 2.96. The van der Waals surface area contributed by atoms with E-state index in [9.17, 15) is 9.59 Å². The number of esters is 1. The molecule has 1 fully saturated rings. The number of nitrogens with one attached hydrogen (secondary N) is 1. The lowest BCUT2D eigenvalue weighted by Crippen LogP contribution is -2.42. The fraction of sp³-hybridized carbons (Fsp3) is 0.556. The summed E-state index contributed by atoms with van der Waals surface area (Å²) in [4.78, 5) is 23.4. The summed E-state index contributed by atoms with van der Waals surface area (Å²) in [6, 6.07) is 9.48. The van der Waals surface area contributed by atoms with Gasteiger partial charge in [-0.3, -0.25) is 9.59 Å². The van der Waals surface area contributed by atoms with Crippen molar-refractivity contribution >= 4 is 11.9 Å². The van der Waals surface area contributed by atoms with Crippen molar-refractivity contribution in [2.75, 3.05) is 13.2 Å². The molecule has 2 atom stereocenters. The molecule has 1 N–H and O–H groups in total. The summed E-state index contributed by atoms with van der Waals surface area (Å²) < 4.78 is 10.4. The van der Waals surface area contributed by atoms with Crippen LogP contribution in [0.2, 0.25) is 0 Å². The molecule has 0 radical (unpaired) electrons. The van der Waals surface area contributed by atoms with Crippen LogP contribution in [-0.4, -0.2) is 31.1 Å². The summed E-state index contributed by atoms with van der Waals surface area (Å²) in [7, 11) is 0. The van der Waals surface area contributed by atoms with Gasteiger partial charge >= 0.3 is 5.97 Å². The Balaban J connectivity index is 1.59. The summed E-state index contributed by atoms with van der Waals surface area (Å²) in [6.07, 6.45) is 4.64. The van der Waals surface area contributed by atoms with E-state index in [0.29, 0.717) is 11.7 Å². The molecule has 0 aromatic heterocycles. The molecule has 1 aliphatic rings. The largest absolute Gasteiger partial charge is 0.493 e. The third kappa shape index (κ3) is 6.30. The Morgan fingerprint density at radius 1 is 1.17 bits per heavy atom. The minimum Gasteiger partial charge on any atom is -0.493 e. The van der Waals surface area contributed by atoms with Crippen molar-refractivity contribution in [1.82, 2.24) is 5.32 Å². The molecular weight excluding hydrogens is 294 g/mol. The van der Waals surface area contributed by atoms with Gasteiger partial charge in [0.1, 0.15) is 5.75 Å². The monoisotopic (exact) mass is 319 g/mol. The normalized spacial score (nSPS) is 20.6. The molecule has 5 nitrogen and oxygen atoms in total. The van der Waals surface area contributed by atoms with Gasteiger partial charge in [-0.25, -0.2) is 0 Å². The second kappa shape index (κ2) is 9.18. The van der Waals surface area contributed by atoms with Crippen LogP contribution < -0.4 is 10.1 Å². The lowest BCUT2D eigenvalue weighted by molar-refractivity contribution is -0.149.